The summed E-state index contributed by atoms with van der Waals surface area (Å²) in [6.45, 7) is 4.26. The minimum atomic E-state index is 0.353. The van der Waals surface area contributed by atoms with Crippen LogP contribution >= 0.6 is 0 Å². The molecule has 0 aromatic heterocycles. The second kappa shape index (κ2) is 17.3. The summed E-state index contributed by atoms with van der Waals surface area (Å²) in [5.74, 6) is 0.353. The normalized spacial score (nSPS) is 14.0. The minimum absolute atomic E-state index is 0.353. The highest BCUT2D eigenvalue weighted by atomic mass is 15.2. The van der Waals surface area contributed by atoms with Crippen molar-refractivity contribution >= 4 is 28.8 Å². The summed E-state index contributed by atoms with van der Waals surface area (Å²) in [5.41, 5.74) is 13.7. The molecule has 2 nitrogen and oxygen atoms in total. The van der Waals surface area contributed by atoms with Crippen LogP contribution in [0, 0.1) is 0 Å². The number of rotatable bonds is 12. The van der Waals surface area contributed by atoms with Crippen molar-refractivity contribution in [1.82, 2.24) is 0 Å². The highest BCUT2D eigenvalue weighted by Gasteiger charge is 2.20. The van der Waals surface area contributed by atoms with Gasteiger partial charge in [-0.3, -0.25) is 0 Å². The molecule has 1 atom stereocenters. The van der Waals surface area contributed by atoms with Crippen molar-refractivity contribution in [2.75, 3.05) is 9.80 Å². The van der Waals surface area contributed by atoms with E-state index >= 15 is 0 Å². The summed E-state index contributed by atoms with van der Waals surface area (Å²) in [5, 5.41) is 0. The molecule has 0 bridgehead atoms. The van der Waals surface area contributed by atoms with Crippen LogP contribution in [0.4, 0.5) is 22.7 Å². The Hall–Kier alpha value is -7.16. The van der Waals surface area contributed by atoms with Crippen LogP contribution < -0.4 is 9.80 Å². The number of benzene rings is 7. The molecule has 0 radical (unpaired) electrons. The number of nitrogens with zero attached hydrogens (tertiary/aromatic N) is 2. The number of allylic oxidation sites excluding steroid dienone is 6. The molecular formula is C54H44N2. The first kappa shape index (κ1) is 35.8. The van der Waals surface area contributed by atoms with Crippen molar-refractivity contribution in [3.8, 4) is 22.3 Å². The van der Waals surface area contributed by atoms with E-state index in [-0.39, 0.29) is 0 Å². The molecule has 0 aliphatic heterocycles. The fraction of sp³-hybridized carbons (Fsp3) is 0.0370. The zero-order valence-electron chi connectivity index (χ0n) is 31.4. The van der Waals surface area contributed by atoms with Gasteiger partial charge in [-0.2, -0.15) is 0 Å². The van der Waals surface area contributed by atoms with E-state index in [1.54, 1.807) is 0 Å². The molecule has 0 saturated heterocycles. The molecule has 56 heavy (non-hydrogen) atoms. The van der Waals surface area contributed by atoms with Gasteiger partial charge in [-0.1, -0.05) is 176 Å². The van der Waals surface area contributed by atoms with E-state index < -0.39 is 0 Å². The van der Waals surface area contributed by atoms with E-state index in [0.717, 1.165) is 46.1 Å². The first-order valence-electron chi connectivity index (χ1n) is 19.2. The van der Waals surface area contributed by atoms with Gasteiger partial charge in [0.2, 0.25) is 0 Å². The van der Waals surface area contributed by atoms with Crippen LogP contribution in [-0.2, 0) is 0 Å². The molecule has 8 rings (SSSR count). The lowest BCUT2D eigenvalue weighted by molar-refractivity contribution is 0.840. The van der Waals surface area contributed by atoms with E-state index in [1.165, 1.54) is 27.8 Å². The van der Waals surface area contributed by atoms with Gasteiger partial charge in [-0.15, -0.1) is 0 Å². The lowest BCUT2D eigenvalue weighted by Gasteiger charge is -2.30. The third kappa shape index (κ3) is 8.31. The third-order valence-corrected chi connectivity index (χ3v) is 10.2. The second-order valence-electron chi connectivity index (χ2n) is 13.8. The number of hydrogen-bond acceptors (Lipinski definition) is 2. The highest BCUT2D eigenvalue weighted by Crippen LogP contribution is 2.39. The molecule has 1 unspecified atom stereocenters. The Morgan fingerprint density at radius 3 is 1.45 bits per heavy atom. The lowest BCUT2D eigenvalue weighted by Crippen LogP contribution is -2.18. The molecule has 2 heteroatoms. The van der Waals surface area contributed by atoms with E-state index in [2.05, 4.69) is 241 Å². The largest absolute Gasteiger partial charge is 0.311 e. The zero-order chi connectivity index (χ0) is 37.9. The van der Waals surface area contributed by atoms with Crippen LogP contribution in [0.5, 0.6) is 0 Å². The van der Waals surface area contributed by atoms with E-state index in [1.807, 2.05) is 12.1 Å². The number of hydrogen-bond donors (Lipinski definition) is 0. The van der Waals surface area contributed by atoms with Crippen LogP contribution in [0.2, 0.25) is 0 Å². The topological polar surface area (TPSA) is 6.48 Å². The molecule has 0 heterocycles. The Morgan fingerprint density at radius 1 is 0.500 bits per heavy atom. The van der Waals surface area contributed by atoms with E-state index in [4.69, 9.17) is 0 Å². The number of anilines is 4. The predicted octanol–water partition coefficient (Wildman–Crippen LogP) is 14.7. The summed E-state index contributed by atoms with van der Waals surface area (Å²) < 4.78 is 0. The molecule has 0 spiro atoms. The van der Waals surface area contributed by atoms with Gasteiger partial charge >= 0.3 is 0 Å². The van der Waals surface area contributed by atoms with Gasteiger partial charge in [-0.05, 0) is 107 Å². The summed E-state index contributed by atoms with van der Waals surface area (Å²) in [6, 6.07) is 68.7. The average Bonchev–Trinajstić information content (AvgIpc) is 3.28. The summed E-state index contributed by atoms with van der Waals surface area (Å²) in [7, 11) is 0. The summed E-state index contributed by atoms with van der Waals surface area (Å²) in [6.07, 6.45) is 16.2. The molecule has 0 N–H and O–H groups in total. The smallest absolute Gasteiger partial charge is 0.0463 e. The standard InChI is InChI=1S/C54H44N2/c1-2-49(25-15-18-42-16-7-3-8-17-42)55(50-32-26-46(27-33-50)43-19-9-4-10-20-43)53-38-40-54(41-39-53)56(51-34-28-47(29-35-51)44-21-11-5-12-22-44)52-36-30-48(31-37-52)45-23-13-6-14-24-45/h2-30,32-41,48H,1,31H2/b18-15+,49-25+. The van der Waals surface area contributed by atoms with Crippen LogP contribution in [0.15, 0.2) is 249 Å². The maximum absolute atomic E-state index is 4.26. The molecule has 7 aromatic rings. The van der Waals surface area contributed by atoms with Gasteiger partial charge in [0.1, 0.15) is 0 Å². The Morgan fingerprint density at radius 2 is 0.946 bits per heavy atom. The molecule has 0 fully saturated rings. The third-order valence-electron chi connectivity index (χ3n) is 10.2. The molecule has 7 aromatic carbocycles. The lowest BCUT2D eigenvalue weighted by atomic mass is 9.91. The Labute approximate surface area is 331 Å². The Kier molecular flexibility index (Phi) is 11.1. The summed E-state index contributed by atoms with van der Waals surface area (Å²) in [4.78, 5) is 4.63. The van der Waals surface area contributed by atoms with Crippen molar-refractivity contribution in [3.63, 3.8) is 0 Å². The quantitative estimate of drug-likeness (QED) is 0.116. The van der Waals surface area contributed by atoms with Gasteiger partial charge in [0.25, 0.3) is 0 Å². The van der Waals surface area contributed by atoms with Crippen LogP contribution in [0.3, 0.4) is 0 Å². The maximum Gasteiger partial charge on any atom is 0.0463 e. The van der Waals surface area contributed by atoms with E-state index in [0.29, 0.717) is 5.92 Å². The average molecular weight is 721 g/mol. The SMILES string of the molecule is C=C/C(=C\C=C\c1ccccc1)N(c1ccc(-c2ccccc2)cc1)c1ccc(N(C2=CCC(c3ccccc3)C=C2)c2ccc(-c3ccccc3)cc2)cc1. The zero-order valence-corrected chi connectivity index (χ0v) is 31.4. The van der Waals surface area contributed by atoms with Crippen LogP contribution in [0.25, 0.3) is 28.3 Å². The van der Waals surface area contributed by atoms with Gasteiger partial charge in [0, 0.05) is 40.1 Å². The monoisotopic (exact) mass is 720 g/mol. The van der Waals surface area contributed by atoms with Crippen molar-refractivity contribution in [2.45, 2.75) is 12.3 Å². The van der Waals surface area contributed by atoms with Crippen molar-refractivity contribution in [1.29, 1.82) is 0 Å². The van der Waals surface area contributed by atoms with Crippen molar-refractivity contribution < 1.29 is 0 Å². The minimum Gasteiger partial charge on any atom is -0.311 e. The van der Waals surface area contributed by atoms with Crippen LogP contribution in [-0.4, -0.2) is 0 Å². The molecule has 1 aliphatic rings. The van der Waals surface area contributed by atoms with Crippen LogP contribution in [0.1, 0.15) is 23.5 Å². The fourth-order valence-electron chi connectivity index (χ4n) is 7.29. The molecule has 270 valence electrons. The highest BCUT2D eigenvalue weighted by molar-refractivity contribution is 5.78. The molecule has 0 saturated carbocycles. The maximum atomic E-state index is 4.26. The molecular weight excluding hydrogens is 677 g/mol. The first-order valence-corrected chi connectivity index (χ1v) is 19.2. The Bertz CT molecular complexity index is 2460. The molecule has 1 aliphatic carbocycles. The van der Waals surface area contributed by atoms with E-state index in [9.17, 15) is 0 Å². The molecule has 0 amide bonds. The fourth-order valence-corrected chi connectivity index (χ4v) is 7.29. The van der Waals surface area contributed by atoms with Crippen molar-refractivity contribution in [3.05, 3.63) is 260 Å². The predicted molar refractivity (Wildman–Crippen MR) is 239 cm³/mol. The van der Waals surface area contributed by atoms with Gasteiger partial charge < -0.3 is 9.80 Å². The summed E-state index contributed by atoms with van der Waals surface area (Å²) >= 11 is 0. The Balaban J connectivity index is 1.16. The first-order chi connectivity index (χ1) is 27.7. The van der Waals surface area contributed by atoms with Gasteiger partial charge in [-0.25, -0.2) is 0 Å². The van der Waals surface area contributed by atoms with Crippen molar-refractivity contribution in [2.24, 2.45) is 0 Å². The van der Waals surface area contributed by atoms with Gasteiger partial charge in [0.15, 0.2) is 0 Å². The second-order valence-corrected chi connectivity index (χ2v) is 13.8. The van der Waals surface area contributed by atoms with Gasteiger partial charge in [0.05, 0.1) is 0 Å².